The average molecular weight is 359 g/mol. The smallest absolute Gasteiger partial charge is 0.249 e. The zero-order chi connectivity index (χ0) is 18.0. The average Bonchev–Trinajstić information content (AvgIpc) is 2.98. The van der Waals surface area contributed by atoms with E-state index in [-0.39, 0.29) is 17.9 Å². The Balaban J connectivity index is 1.89. The lowest BCUT2D eigenvalue weighted by Gasteiger charge is -2.18. The number of fused-ring (bicyclic) bond motifs is 1. The van der Waals surface area contributed by atoms with E-state index in [2.05, 4.69) is 17.2 Å². The number of carbonyl (C=O) groups is 2. The Hall–Kier alpha value is -2.28. The van der Waals surface area contributed by atoms with Crippen molar-refractivity contribution in [2.75, 3.05) is 12.9 Å². The van der Waals surface area contributed by atoms with Gasteiger partial charge >= 0.3 is 0 Å². The molecule has 1 saturated heterocycles. The number of rotatable bonds is 6. The normalized spacial score (nSPS) is 19.8. The molecule has 1 aromatic carbocycles. The zero-order valence-electron chi connectivity index (χ0n) is 14.2. The zero-order valence-corrected chi connectivity index (χ0v) is 15.1. The molecular formula is C18H21N3O3S. The van der Waals surface area contributed by atoms with Crippen LogP contribution in [0.2, 0.25) is 0 Å². The number of ether oxygens (including phenoxy) is 1. The number of nitrogens with two attached hydrogens (primary N) is 1. The molecule has 25 heavy (non-hydrogen) atoms. The highest BCUT2D eigenvalue weighted by molar-refractivity contribution is 7.98. The summed E-state index contributed by atoms with van der Waals surface area (Å²) in [6.45, 7) is 2.45. The Morgan fingerprint density at radius 3 is 2.96 bits per heavy atom. The number of carbonyl (C=O) groups excluding carboxylic acids is 2. The number of pyridine rings is 1. The van der Waals surface area contributed by atoms with E-state index >= 15 is 0 Å². The van der Waals surface area contributed by atoms with Crippen LogP contribution in [0, 0.1) is 5.92 Å². The van der Waals surface area contributed by atoms with Gasteiger partial charge < -0.3 is 15.8 Å². The molecule has 0 unspecified atom stereocenters. The molecule has 1 fully saturated rings. The molecule has 2 heterocycles. The van der Waals surface area contributed by atoms with Crippen LogP contribution >= 0.6 is 11.8 Å². The second-order valence-electron chi connectivity index (χ2n) is 6.11. The predicted molar refractivity (Wildman–Crippen MR) is 97.9 cm³/mol. The summed E-state index contributed by atoms with van der Waals surface area (Å²) < 4.78 is 5.93. The van der Waals surface area contributed by atoms with Crippen molar-refractivity contribution in [2.45, 2.75) is 30.7 Å². The van der Waals surface area contributed by atoms with Crippen molar-refractivity contribution in [3.63, 3.8) is 0 Å². The highest BCUT2D eigenvalue weighted by Crippen LogP contribution is 2.31. The lowest BCUT2D eigenvalue weighted by atomic mass is 9.98. The van der Waals surface area contributed by atoms with E-state index in [1.807, 2.05) is 18.4 Å². The molecule has 0 saturated carbocycles. The third-order valence-corrected chi connectivity index (χ3v) is 5.38. The maximum atomic E-state index is 11.6. The number of benzene rings is 1. The lowest BCUT2D eigenvalue weighted by molar-refractivity contribution is -0.119. The second kappa shape index (κ2) is 7.31. The Kier molecular flexibility index (Phi) is 5.13. The first-order chi connectivity index (χ1) is 12.0. The van der Waals surface area contributed by atoms with Gasteiger partial charge in [0.05, 0.1) is 11.6 Å². The maximum Gasteiger partial charge on any atom is 0.249 e. The summed E-state index contributed by atoms with van der Waals surface area (Å²) in [6.07, 6.45) is 5.01. The number of hydrogen-bond acceptors (Lipinski definition) is 5. The minimum Gasteiger partial charge on any atom is -0.475 e. The standard InChI is InChI=1S/C18H21N3O3S/c1-3-10-7-16(22)21-14(10)9-24-18-12-8-15(25-2)13(17(19)23)6-11(12)4-5-20-18/h4-6,8,10,14H,3,7,9H2,1-2H3,(H2,19,23)(H,21,22)/t10-,14+/m0/s1. The van der Waals surface area contributed by atoms with Gasteiger partial charge in [0.25, 0.3) is 0 Å². The van der Waals surface area contributed by atoms with Gasteiger partial charge in [-0.2, -0.15) is 0 Å². The minimum atomic E-state index is -0.454. The number of primary amides is 1. The van der Waals surface area contributed by atoms with Crippen molar-refractivity contribution in [1.82, 2.24) is 10.3 Å². The first-order valence-electron chi connectivity index (χ1n) is 8.22. The van der Waals surface area contributed by atoms with E-state index in [4.69, 9.17) is 10.5 Å². The van der Waals surface area contributed by atoms with Crippen LogP contribution in [0.15, 0.2) is 29.3 Å². The highest BCUT2D eigenvalue weighted by Gasteiger charge is 2.31. The molecule has 6 nitrogen and oxygen atoms in total. The van der Waals surface area contributed by atoms with Crippen LogP contribution in [0.25, 0.3) is 10.8 Å². The summed E-state index contributed by atoms with van der Waals surface area (Å²) in [5.74, 6) is 0.401. The molecule has 0 bridgehead atoms. The van der Waals surface area contributed by atoms with Crippen LogP contribution in [0.1, 0.15) is 30.1 Å². The van der Waals surface area contributed by atoms with Crippen molar-refractivity contribution in [2.24, 2.45) is 11.7 Å². The van der Waals surface area contributed by atoms with Crippen LogP contribution in [-0.4, -0.2) is 35.7 Å². The van der Waals surface area contributed by atoms with E-state index < -0.39 is 5.91 Å². The summed E-state index contributed by atoms with van der Waals surface area (Å²) >= 11 is 1.45. The fourth-order valence-corrected chi connectivity index (χ4v) is 3.81. The number of aromatic nitrogens is 1. The Morgan fingerprint density at radius 1 is 1.48 bits per heavy atom. The summed E-state index contributed by atoms with van der Waals surface area (Å²) in [6, 6.07) is 5.47. The molecular weight excluding hydrogens is 338 g/mol. The lowest BCUT2D eigenvalue weighted by Crippen LogP contribution is -2.34. The summed E-state index contributed by atoms with van der Waals surface area (Å²) in [5.41, 5.74) is 5.96. The fourth-order valence-electron chi connectivity index (χ4n) is 3.19. The van der Waals surface area contributed by atoms with Gasteiger partial charge in [0.2, 0.25) is 17.7 Å². The molecule has 1 aliphatic rings. The molecule has 1 aliphatic heterocycles. The molecule has 1 aromatic heterocycles. The molecule has 0 radical (unpaired) electrons. The Labute approximate surface area is 150 Å². The number of amides is 2. The Morgan fingerprint density at radius 2 is 2.28 bits per heavy atom. The SMILES string of the molecule is CC[C@H]1CC(=O)N[C@@H]1COc1nccc2cc(C(N)=O)c(SC)cc12. The van der Waals surface area contributed by atoms with Gasteiger partial charge in [0.15, 0.2) is 0 Å². The molecule has 2 amide bonds. The predicted octanol–water partition coefficient (Wildman–Crippen LogP) is 2.35. The summed E-state index contributed by atoms with van der Waals surface area (Å²) in [7, 11) is 0. The molecule has 3 rings (SSSR count). The number of nitrogens with one attached hydrogen (secondary N) is 1. The van der Waals surface area contributed by atoms with Crippen molar-refractivity contribution in [3.05, 3.63) is 30.0 Å². The van der Waals surface area contributed by atoms with Crippen LogP contribution in [0.3, 0.4) is 0 Å². The van der Waals surface area contributed by atoms with E-state index in [9.17, 15) is 9.59 Å². The summed E-state index contributed by atoms with van der Waals surface area (Å²) in [4.78, 5) is 28.4. The monoisotopic (exact) mass is 359 g/mol. The van der Waals surface area contributed by atoms with E-state index in [0.29, 0.717) is 24.5 Å². The topological polar surface area (TPSA) is 94.3 Å². The van der Waals surface area contributed by atoms with Crippen molar-refractivity contribution in [1.29, 1.82) is 0 Å². The van der Waals surface area contributed by atoms with Crippen molar-refractivity contribution < 1.29 is 14.3 Å². The van der Waals surface area contributed by atoms with Crippen molar-refractivity contribution >= 4 is 34.3 Å². The first kappa shape index (κ1) is 17.5. The quantitative estimate of drug-likeness (QED) is 0.772. The van der Waals surface area contributed by atoms with Gasteiger partial charge in [0, 0.05) is 22.9 Å². The van der Waals surface area contributed by atoms with Gasteiger partial charge in [-0.25, -0.2) is 4.98 Å². The minimum absolute atomic E-state index is 0.000491. The van der Waals surface area contributed by atoms with E-state index in [1.165, 1.54) is 11.8 Å². The van der Waals surface area contributed by atoms with Crippen molar-refractivity contribution in [3.8, 4) is 5.88 Å². The van der Waals surface area contributed by atoms with E-state index in [0.717, 1.165) is 22.1 Å². The third kappa shape index (κ3) is 3.56. The molecule has 0 aliphatic carbocycles. The first-order valence-corrected chi connectivity index (χ1v) is 9.44. The molecule has 132 valence electrons. The maximum absolute atomic E-state index is 11.6. The van der Waals surface area contributed by atoms with Gasteiger partial charge in [0.1, 0.15) is 6.61 Å². The number of hydrogen-bond donors (Lipinski definition) is 2. The van der Waals surface area contributed by atoms with E-state index in [1.54, 1.807) is 12.3 Å². The number of thioether (sulfide) groups is 1. The molecule has 0 spiro atoms. The van der Waals surface area contributed by atoms with Crippen LogP contribution in [-0.2, 0) is 4.79 Å². The largest absolute Gasteiger partial charge is 0.475 e. The highest BCUT2D eigenvalue weighted by atomic mass is 32.2. The molecule has 2 atom stereocenters. The fraction of sp³-hybridized carbons (Fsp3) is 0.389. The molecule has 7 heteroatoms. The van der Waals surface area contributed by atoms with Gasteiger partial charge in [-0.15, -0.1) is 11.8 Å². The van der Waals surface area contributed by atoms with Crippen LogP contribution in [0.4, 0.5) is 0 Å². The molecule has 3 N–H and O–H groups in total. The van der Waals surface area contributed by atoms with Gasteiger partial charge in [-0.1, -0.05) is 13.3 Å². The van der Waals surface area contributed by atoms with Gasteiger partial charge in [-0.05, 0) is 35.8 Å². The summed E-state index contributed by atoms with van der Waals surface area (Å²) in [5, 5.41) is 4.64. The van der Waals surface area contributed by atoms with Crippen LogP contribution in [0.5, 0.6) is 5.88 Å². The Bertz CT molecular complexity index is 825. The molecule has 2 aromatic rings. The second-order valence-corrected chi connectivity index (χ2v) is 6.96. The van der Waals surface area contributed by atoms with Gasteiger partial charge in [-0.3, -0.25) is 9.59 Å². The third-order valence-electron chi connectivity index (χ3n) is 4.60. The van der Waals surface area contributed by atoms with Crippen LogP contribution < -0.4 is 15.8 Å². The number of nitrogens with zero attached hydrogens (tertiary/aromatic N) is 1.